The molecular weight excluding hydrogens is 292 g/mol. The van der Waals surface area contributed by atoms with Gasteiger partial charge in [-0.2, -0.15) is 0 Å². The zero-order chi connectivity index (χ0) is 16.8. The maximum absolute atomic E-state index is 4.85. The van der Waals surface area contributed by atoms with E-state index in [0.717, 1.165) is 28.9 Å². The van der Waals surface area contributed by atoms with Crippen LogP contribution in [-0.2, 0) is 6.54 Å². The van der Waals surface area contributed by atoms with Gasteiger partial charge in [0, 0.05) is 5.56 Å². The number of pyridine rings is 1. The molecule has 0 radical (unpaired) electrons. The van der Waals surface area contributed by atoms with Gasteiger partial charge in [0.1, 0.15) is 0 Å². The fourth-order valence-electron chi connectivity index (χ4n) is 2.79. The second-order valence-electron chi connectivity index (χ2n) is 5.57. The molecule has 2 aromatic carbocycles. The highest BCUT2D eigenvalue weighted by Gasteiger charge is 2.08. The number of hydrogen-bond acceptors (Lipinski definition) is 2. The Kier molecular flexibility index (Phi) is 4.97. The smallest absolute Gasteiger partial charge is 0.0810 e. The van der Waals surface area contributed by atoms with E-state index in [-0.39, 0.29) is 0 Å². The largest absolute Gasteiger partial charge is 0.295 e. The predicted molar refractivity (Wildman–Crippen MR) is 104 cm³/mol. The van der Waals surface area contributed by atoms with Gasteiger partial charge in [-0.1, -0.05) is 66.8 Å². The number of nitrogens with zero attached hydrogens (tertiary/aromatic N) is 2. The van der Waals surface area contributed by atoms with Gasteiger partial charge in [-0.3, -0.25) is 9.98 Å². The van der Waals surface area contributed by atoms with Gasteiger partial charge >= 0.3 is 0 Å². The van der Waals surface area contributed by atoms with Crippen molar-refractivity contribution >= 4 is 23.6 Å². The molecule has 0 fully saturated rings. The summed E-state index contributed by atoms with van der Waals surface area (Å²) < 4.78 is 0. The zero-order valence-corrected chi connectivity index (χ0v) is 13.7. The molecule has 2 nitrogen and oxygen atoms in total. The average molecular weight is 312 g/mol. The maximum atomic E-state index is 4.85. The molecule has 0 saturated carbocycles. The van der Waals surface area contributed by atoms with Crippen LogP contribution in [0.1, 0.15) is 17.7 Å². The van der Waals surface area contributed by atoms with Crippen LogP contribution in [0.4, 0.5) is 0 Å². The lowest BCUT2D eigenvalue weighted by Crippen LogP contribution is -1.95. The molecule has 0 unspecified atom stereocenters. The first-order valence-electron chi connectivity index (χ1n) is 8.01. The summed E-state index contributed by atoms with van der Waals surface area (Å²) in [6.07, 6.45) is 6.86. The third kappa shape index (κ3) is 3.33. The second kappa shape index (κ2) is 7.51. The van der Waals surface area contributed by atoms with Gasteiger partial charge in [-0.15, -0.1) is 6.58 Å². The summed E-state index contributed by atoms with van der Waals surface area (Å²) in [6.45, 7) is 7.86. The zero-order valence-electron chi connectivity index (χ0n) is 13.7. The molecule has 24 heavy (non-hydrogen) atoms. The summed E-state index contributed by atoms with van der Waals surface area (Å²) >= 11 is 0. The third-order valence-electron chi connectivity index (χ3n) is 3.94. The minimum absolute atomic E-state index is 0.506. The molecule has 0 atom stereocenters. The number of hydrogen-bond donors (Lipinski definition) is 0. The van der Waals surface area contributed by atoms with Crippen molar-refractivity contribution in [2.24, 2.45) is 4.99 Å². The highest BCUT2D eigenvalue weighted by Crippen LogP contribution is 2.28. The van der Waals surface area contributed by atoms with Gasteiger partial charge in [-0.25, -0.2) is 0 Å². The first kappa shape index (κ1) is 15.9. The van der Waals surface area contributed by atoms with E-state index in [1.807, 2.05) is 6.08 Å². The Morgan fingerprint density at radius 2 is 1.83 bits per heavy atom. The van der Waals surface area contributed by atoms with Crippen LogP contribution in [0.3, 0.4) is 0 Å². The van der Waals surface area contributed by atoms with Gasteiger partial charge in [0.2, 0.25) is 0 Å². The Morgan fingerprint density at radius 1 is 1.00 bits per heavy atom. The van der Waals surface area contributed by atoms with E-state index in [2.05, 4.69) is 85.0 Å². The van der Waals surface area contributed by atoms with Crippen LogP contribution in [0, 0.1) is 0 Å². The number of aliphatic imine (C=N–C) groups is 1. The standard InChI is InChI=1S/C22H20N2/c1-3-4-5-10-18-14-15-21(24-22(18)16-23-2)20-13-8-11-17-9-6-7-12-19(17)20/h3,5-15H,1-2,4,16H2/b10-5-. The molecular formula is C22H20N2. The predicted octanol–water partition coefficient (Wildman–Crippen LogP) is 5.69. The molecule has 1 aromatic heterocycles. The van der Waals surface area contributed by atoms with Crippen molar-refractivity contribution in [2.45, 2.75) is 13.0 Å². The molecule has 0 amide bonds. The summed E-state index contributed by atoms with van der Waals surface area (Å²) in [5.41, 5.74) is 4.12. The van der Waals surface area contributed by atoms with Gasteiger partial charge in [0.15, 0.2) is 0 Å². The van der Waals surface area contributed by atoms with Crippen molar-refractivity contribution in [3.05, 3.63) is 84.6 Å². The first-order chi connectivity index (χ1) is 11.8. The van der Waals surface area contributed by atoms with Crippen LogP contribution in [0.2, 0.25) is 0 Å². The third-order valence-corrected chi connectivity index (χ3v) is 3.94. The van der Waals surface area contributed by atoms with Crippen LogP contribution < -0.4 is 0 Å². The van der Waals surface area contributed by atoms with E-state index in [1.54, 1.807) is 0 Å². The molecule has 118 valence electrons. The van der Waals surface area contributed by atoms with E-state index < -0.39 is 0 Å². The molecule has 0 saturated heterocycles. The van der Waals surface area contributed by atoms with Crippen molar-refractivity contribution in [1.82, 2.24) is 4.98 Å². The molecule has 0 aliphatic heterocycles. The Labute approximate surface area is 142 Å². The van der Waals surface area contributed by atoms with Gasteiger partial charge < -0.3 is 0 Å². The Morgan fingerprint density at radius 3 is 2.67 bits per heavy atom. The van der Waals surface area contributed by atoms with Crippen LogP contribution in [0.15, 0.2) is 78.3 Å². The fourth-order valence-corrected chi connectivity index (χ4v) is 2.79. The molecule has 0 bridgehead atoms. The molecule has 0 N–H and O–H groups in total. The summed E-state index contributed by atoms with van der Waals surface area (Å²) in [5.74, 6) is 0. The molecule has 3 aromatic rings. The second-order valence-corrected chi connectivity index (χ2v) is 5.57. The van der Waals surface area contributed by atoms with Crippen LogP contribution in [0.25, 0.3) is 28.1 Å². The number of allylic oxidation sites excluding steroid dienone is 2. The summed E-state index contributed by atoms with van der Waals surface area (Å²) in [7, 11) is 0. The number of fused-ring (bicyclic) bond motifs is 1. The minimum atomic E-state index is 0.506. The van der Waals surface area contributed by atoms with Gasteiger partial charge in [-0.05, 0) is 35.5 Å². The lowest BCUT2D eigenvalue weighted by Gasteiger charge is -2.09. The van der Waals surface area contributed by atoms with E-state index in [0.29, 0.717) is 6.54 Å². The first-order valence-corrected chi connectivity index (χ1v) is 8.01. The number of benzene rings is 2. The maximum Gasteiger partial charge on any atom is 0.0810 e. The average Bonchev–Trinajstić information content (AvgIpc) is 2.63. The Hall–Kier alpha value is -3.00. The number of aromatic nitrogens is 1. The Balaban J connectivity index is 2.09. The van der Waals surface area contributed by atoms with Crippen molar-refractivity contribution in [1.29, 1.82) is 0 Å². The van der Waals surface area contributed by atoms with E-state index in [9.17, 15) is 0 Å². The summed E-state index contributed by atoms with van der Waals surface area (Å²) in [6, 6.07) is 18.9. The molecule has 0 spiro atoms. The van der Waals surface area contributed by atoms with E-state index >= 15 is 0 Å². The van der Waals surface area contributed by atoms with Crippen molar-refractivity contribution in [3.63, 3.8) is 0 Å². The highest BCUT2D eigenvalue weighted by atomic mass is 14.8. The van der Waals surface area contributed by atoms with Crippen molar-refractivity contribution < 1.29 is 0 Å². The molecule has 0 aliphatic carbocycles. The lowest BCUT2D eigenvalue weighted by molar-refractivity contribution is 0.997. The van der Waals surface area contributed by atoms with E-state index in [4.69, 9.17) is 4.98 Å². The molecule has 0 aliphatic rings. The van der Waals surface area contributed by atoms with Crippen LogP contribution in [0.5, 0.6) is 0 Å². The highest BCUT2D eigenvalue weighted by molar-refractivity contribution is 5.95. The van der Waals surface area contributed by atoms with Gasteiger partial charge in [0.05, 0.1) is 17.9 Å². The summed E-state index contributed by atoms with van der Waals surface area (Å²) in [5, 5.41) is 2.43. The SMILES string of the molecule is C=CC/C=C\c1ccc(-c2cccc3ccccc23)nc1CN=C. The van der Waals surface area contributed by atoms with Crippen LogP contribution in [-0.4, -0.2) is 11.7 Å². The monoisotopic (exact) mass is 312 g/mol. The van der Waals surface area contributed by atoms with E-state index in [1.165, 1.54) is 10.8 Å². The normalized spacial score (nSPS) is 11.0. The quantitative estimate of drug-likeness (QED) is 0.424. The molecule has 3 rings (SSSR count). The molecule has 1 heterocycles. The Bertz CT molecular complexity index is 901. The fraction of sp³-hybridized carbons (Fsp3) is 0.0909. The van der Waals surface area contributed by atoms with Crippen molar-refractivity contribution in [2.75, 3.05) is 0 Å². The summed E-state index contributed by atoms with van der Waals surface area (Å²) in [4.78, 5) is 8.88. The van der Waals surface area contributed by atoms with Gasteiger partial charge in [0.25, 0.3) is 0 Å². The minimum Gasteiger partial charge on any atom is -0.295 e. The topological polar surface area (TPSA) is 25.2 Å². The lowest BCUT2D eigenvalue weighted by atomic mass is 10.0. The molecule has 2 heteroatoms. The van der Waals surface area contributed by atoms with Crippen molar-refractivity contribution in [3.8, 4) is 11.3 Å². The van der Waals surface area contributed by atoms with Crippen LogP contribution >= 0.6 is 0 Å². The number of rotatable bonds is 6.